The predicted molar refractivity (Wildman–Crippen MR) is 121 cm³/mol. The predicted octanol–water partition coefficient (Wildman–Crippen LogP) is 1.59. The number of likely N-dealkylation sites (tertiary alicyclic amines) is 1. The Morgan fingerprint density at radius 2 is 1.94 bits per heavy atom. The fourth-order valence-corrected chi connectivity index (χ4v) is 5.61. The van der Waals surface area contributed by atoms with Gasteiger partial charge in [0.25, 0.3) is 5.91 Å². The van der Waals surface area contributed by atoms with E-state index in [1.165, 1.54) is 6.92 Å². The third-order valence-corrected chi connectivity index (χ3v) is 7.67. The summed E-state index contributed by atoms with van der Waals surface area (Å²) in [5.74, 6) is -0.979. The van der Waals surface area contributed by atoms with Crippen LogP contribution in [0.5, 0.6) is 0 Å². The van der Waals surface area contributed by atoms with E-state index >= 15 is 0 Å². The highest BCUT2D eigenvalue weighted by atomic mass is 16.2. The smallest absolute Gasteiger partial charge is 0.262 e. The van der Waals surface area contributed by atoms with Crippen LogP contribution in [0.15, 0.2) is 0 Å². The summed E-state index contributed by atoms with van der Waals surface area (Å²) in [5.41, 5.74) is 2.06. The number of amides is 3. The van der Waals surface area contributed by atoms with Crippen LogP contribution in [0.25, 0.3) is 0 Å². The van der Waals surface area contributed by atoms with Gasteiger partial charge in [-0.3, -0.25) is 24.6 Å². The lowest BCUT2D eigenvalue weighted by molar-refractivity contribution is -0.146. The summed E-state index contributed by atoms with van der Waals surface area (Å²) >= 11 is 0. The molecule has 1 aliphatic heterocycles. The molecule has 5 atom stereocenters. The van der Waals surface area contributed by atoms with Gasteiger partial charge in [-0.25, -0.2) is 5.01 Å². The number of nitrogens with one attached hydrogen (secondary N) is 2. The van der Waals surface area contributed by atoms with Crippen molar-refractivity contribution in [2.24, 2.45) is 28.6 Å². The molecule has 3 aliphatic rings. The molecular weight excluding hydrogens is 422 g/mol. The maximum Gasteiger partial charge on any atom is 0.262 e. The van der Waals surface area contributed by atoms with Crippen LogP contribution in [-0.4, -0.2) is 58.6 Å². The molecule has 2 aliphatic carbocycles. The van der Waals surface area contributed by atoms with Gasteiger partial charge in [-0.05, 0) is 35.5 Å². The van der Waals surface area contributed by atoms with Crippen molar-refractivity contribution in [1.29, 1.82) is 5.26 Å². The highest BCUT2D eigenvalue weighted by Crippen LogP contribution is 2.65. The molecule has 3 fully saturated rings. The average molecular weight is 460 g/mol. The van der Waals surface area contributed by atoms with Crippen LogP contribution in [0.3, 0.4) is 0 Å². The van der Waals surface area contributed by atoms with Gasteiger partial charge in [0, 0.05) is 25.8 Å². The molecule has 0 spiro atoms. The molecule has 1 heterocycles. The molecule has 3 amide bonds. The first-order valence-electron chi connectivity index (χ1n) is 11.9. The van der Waals surface area contributed by atoms with E-state index in [4.69, 9.17) is 0 Å². The van der Waals surface area contributed by atoms with Crippen LogP contribution >= 0.6 is 0 Å². The highest BCUT2D eigenvalue weighted by molar-refractivity contribution is 5.93. The van der Waals surface area contributed by atoms with Crippen molar-refractivity contribution in [3.63, 3.8) is 0 Å². The SMILES string of the molecule is CC(=O)N[C@H](C(=O)N1C[C@H]2[C@@H]([C@H]1C(=O)NN(C#N)C[C@@H]1CCCCC1=O)C2(C)C)C(C)(C)C. The lowest BCUT2D eigenvalue weighted by Gasteiger charge is -2.37. The monoisotopic (exact) mass is 459 g/mol. The zero-order valence-electron chi connectivity index (χ0n) is 20.6. The Morgan fingerprint density at radius 3 is 2.48 bits per heavy atom. The first-order chi connectivity index (χ1) is 15.3. The van der Waals surface area contributed by atoms with Gasteiger partial charge < -0.3 is 10.2 Å². The Kier molecular flexibility index (Phi) is 6.79. The number of nitrogens with zero attached hydrogens (tertiary/aromatic N) is 3. The first-order valence-corrected chi connectivity index (χ1v) is 11.9. The van der Waals surface area contributed by atoms with Gasteiger partial charge in [0.15, 0.2) is 6.19 Å². The van der Waals surface area contributed by atoms with E-state index in [-0.39, 0.29) is 47.3 Å². The molecule has 0 aromatic carbocycles. The third kappa shape index (κ3) is 4.99. The number of carbonyl (C=O) groups excluding carboxylic acids is 4. The molecule has 9 nitrogen and oxygen atoms in total. The number of ketones is 1. The van der Waals surface area contributed by atoms with E-state index in [1.807, 2.05) is 27.0 Å². The van der Waals surface area contributed by atoms with E-state index in [0.717, 1.165) is 17.9 Å². The number of Topliss-reactive ketones (excluding diaryl/α,β-unsaturated/α-hetero) is 1. The molecule has 9 heteroatoms. The number of nitriles is 1. The minimum Gasteiger partial charge on any atom is -0.344 e. The number of hydrazine groups is 1. The summed E-state index contributed by atoms with van der Waals surface area (Å²) in [6.45, 7) is 11.8. The summed E-state index contributed by atoms with van der Waals surface area (Å²) in [6, 6.07) is -1.49. The van der Waals surface area contributed by atoms with E-state index in [2.05, 4.69) is 24.6 Å². The zero-order chi connectivity index (χ0) is 24.7. The quantitative estimate of drug-likeness (QED) is 0.353. The Labute approximate surface area is 196 Å². The van der Waals surface area contributed by atoms with Gasteiger partial charge in [0.1, 0.15) is 17.9 Å². The second-order valence-electron chi connectivity index (χ2n) is 11.5. The van der Waals surface area contributed by atoms with Crippen molar-refractivity contribution < 1.29 is 19.2 Å². The molecule has 0 unspecified atom stereocenters. The number of carbonyl (C=O) groups is 4. The normalized spacial score (nSPS) is 28.9. The molecule has 33 heavy (non-hydrogen) atoms. The van der Waals surface area contributed by atoms with Crippen molar-refractivity contribution in [3.05, 3.63) is 0 Å². The Hall–Kier alpha value is -2.63. The van der Waals surface area contributed by atoms with Crippen molar-refractivity contribution in [2.75, 3.05) is 13.1 Å². The fourth-order valence-electron chi connectivity index (χ4n) is 5.61. The minimum absolute atomic E-state index is 0.0174. The van der Waals surface area contributed by atoms with Crippen molar-refractivity contribution >= 4 is 23.5 Å². The molecule has 0 radical (unpaired) electrons. The lowest BCUT2D eigenvalue weighted by Crippen LogP contribution is -2.60. The van der Waals surface area contributed by atoms with Gasteiger partial charge in [-0.2, -0.15) is 5.26 Å². The van der Waals surface area contributed by atoms with Crippen molar-refractivity contribution in [1.82, 2.24) is 20.7 Å². The minimum atomic E-state index is -0.766. The Morgan fingerprint density at radius 1 is 1.27 bits per heavy atom. The Bertz CT molecular complexity index is 871. The molecule has 2 saturated carbocycles. The fraction of sp³-hybridized carbons (Fsp3) is 0.792. The average Bonchev–Trinajstić information content (AvgIpc) is 3.06. The standard InChI is InChI=1S/C24H37N5O4/c1-14(30)26-20(23(2,3)4)22(33)29-12-16-18(24(16,5)6)19(29)21(32)27-28(13-25)11-15-9-7-8-10-17(15)31/h15-16,18-20H,7-12H2,1-6H3,(H,26,30)(H,27,32)/t15-,16-,18-,19-,20+/m0/s1. The summed E-state index contributed by atoms with van der Waals surface area (Å²) in [6.07, 6.45) is 5.01. The topological polar surface area (TPSA) is 123 Å². The van der Waals surface area contributed by atoms with E-state index in [0.29, 0.717) is 19.4 Å². The van der Waals surface area contributed by atoms with Crippen molar-refractivity contribution in [2.45, 2.75) is 79.3 Å². The van der Waals surface area contributed by atoms with Crippen LogP contribution in [0.2, 0.25) is 0 Å². The van der Waals surface area contributed by atoms with E-state index in [1.54, 1.807) is 4.90 Å². The van der Waals surface area contributed by atoms with Crippen LogP contribution in [0, 0.1) is 40.0 Å². The van der Waals surface area contributed by atoms with Crippen LogP contribution in [0.4, 0.5) is 0 Å². The van der Waals surface area contributed by atoms with Gasteiger partial charge >= 0.3 is 0 Å². The Balaban J connectivity index is 1.78. The molecule has 2 N–H and O–H groups in total. The highest BCUT2D eigenvalue weighted by Gasteiger charge is 2.69. The van der Waals surface area contributed by atoms with Gasteiger partial charge in [0.2, 0.25) is 11.8 Å². The molecule has 0 bridgehead atoms. The number of rotatable bonds is 6. The van der Waals surface area contributed by atoms with E-state index in [9.17, 15) is 24.4 Å². The molecular formula is C24H37N5O4. The molecule has 3 rings (SSSR count). The number of hydrogen-bond acceptors (Lipinski definition) is 6. The summed E-state index contributed by atoms with van der Waals surface area (Å²) in [5, 5.41) is 13.5. The molecule has 0 aromatic heterocycles. The largest absolute Gasteiger partial charge is 0.344 e. The second kappa shape index (κ2) is 8.96. The molecule has 1 saturated heterocycles. The first kappa shape index (κ1) is 25.0. The van der Waals surface area contributed by atoms with Crippen molar-refractivity contribution in [3.8, 4) is 6.19 Å². The summed E-state index contributed by atoms with van der Waals surface area (Å²) in [4.78, 5) is 52.5. The molecule has 0 aromatic rings. The van der Waals surface area contributed by atoms with Crippen LogP contribution in [-0.2, 0) is 19.2 Å². The van der Waals surface area contributed by atoms with Gasteiger partial charge in [0.05, 0.1) is 6.54 Å². The number of hydrogen-bond donors (Lipinski definition) is 2. The summed E-state index contributed by atoms with van der Waals surface area (Å²) in [7, 11) is 0. The second-order valence-corrected chi connectivity index (χ2v) is 11.5. The van der Waals surface area contributed by atoms with Crippen LogP contribution in [0.1, 0.15) is 67.2 Å². The maximum atomic E-state index is 13.5. The van der Waals surface area contributed by atoms with E-state index < -0.39 is 23.4 Å². The number of fused-ring (bicyclic) bond motifs is 1. The lowest BCUT2D eigenvalue weighted by atomic mass is 9.85. The van der Waals surface area contributed by atoms with Gasteiger partial charge in [-0.1, -0.05) is 41.0 Å². The van der Waals surface area contributed by atoms with Gasteiger partial charge in [-0.15, -0.1) is 0 Å². The zero-order valence-corrected chi connectivity index (χ0v) is 20.6. The maximum absolute atomic E-state index is 13.5. The third-order valence-electron chi connectivity index (χ3n) is 7.67. The van der Waals surface area contributed by atoms with Crippen LogP contribution < -0.4 is 10.7 Å². The molecule has 182 valence electrons. The number of piperidine rings is 1. The summed E-state index contributed by atoms with van der Waals surface area (Å²) < 4.78 is 0.